The molecule has 114 valence electrons. The number of esters is 1. The van der Waals surface area contributed by atoms with Crippen molar-refractivity contribution in [2.24, 2.45) is 0 Å². The van der Waals surface area contributed by atoms with Crippen molar-refractivity contribution in [3.05, 3.63) is 56.7 Å². The third-order valence-corrected chi connectivity index (χ3v) is 3.77. The van der Waals surface area contributed by atoms with Crippen LogP contribution in [-0.4, -0.2) is 18.5 Å². The van der Waals surface area contributed by atoms with Crippen LogP contribution in [0, 0.1) is 0 Å². The highest BCUT2D eigenvalue weighted by atomic mass is 35.5. The summed E-state index contributed by atoms with van der Waals surface area (Å²) in [4.78, 5) is 23.2. The molecule has 0 spiro atoms. The normalized spacial score (nSPS) is 10.6. The Morgan fingerprint density at radius 3 is 2.82 bits per heavy atom. The van der Waals surface area contributed by atoms with Crippen molar-refractivity contribution < 1.29 is 14.3 Å². The molecule has 4 nitrogen and oxygen atoms in total. The van der Waals surface area contributed by atoms with Gasteiger partial charge >= 0.3 is 5.97 Å². The second-order valence-corrected chi connectivity index (χ2v) is 5.79. The molecule has 0 saturated carbocycles. The van der Waals surface area contributed by atoms with Crippen LogP contribution in [0.5, 0.6) is 0 Å². The molecule has 2 rings (SSSR count). The molecule has 7 heteroatoms. The number of rotatable bonds is 5. The van der Waals surface area contributed by atoms with Gasteiger partial charge in [-0.1, -0.05) is 23.2 Å². The first-order chi connectivity index (χ1) is 10.5. The molecule has 0 radical (unpaired) electrons. The molecule has 0 fully saturated rings. The van der Waals surface area contributed by atoms with Gasteiger partial charge in [0.15, 0.2) is 6.61 Å². The minimum absolute atomic E-state index is 0.349. The Labute approximate surface area is 141 Å². The summed E-state index contributed by atoms with van der Waals surface area (Å²) in [5.41, 5.74) is 1.26. The van der Waals surface area contributed by atoms with Gasteiger partial charge < -0.3 is 10.1 Å². The van der Waals surface area contributed by atoms with E-state index in [1.165, 1.54) is 23.5 Å². The Hall–Kier alpha value is -1.82. The van der Waals surface area contributed by atoms with Gasteiger partial charge in [0.05, 0.1) is 10.7 Å². The maximum atomic E-state index is 11.7. The van der Waals surface area contributed by atoms with Gasteiger partial charge in [0.1, 0.15) is 0 Å². The Morgan fingerprint density at radius 1 is 1.27 bits per heavy atom. The molecule has 0 aliphatic rings. The van der Waals surface area contributed by atoms with Gasteiger partial charge in [-0.3, -0.25) is 4.79 Å². The molecular formula is C15H11Cl2NO3S. The topological polar surface area (TPSA) is 55.4 Å². The Bertz CT molecular complexity index is 699. The van der Waals surface area contributed by atoms with Gasteiger partial charge in [-0.05, 0) is 46.7 Å². The number of anilines is 1. The van der Waals surface area contributed by atoms with Crippen molar-refractivity contribution >= 4 is 58.2 Å². The standard InChI is InChI=1S/C15H11Cl2NO3S/c16-11-2-3-12(17)13(7-11)18-14(19)8-21-15(20)4-1-10-5-6-22-9-10/h1-7,9H,8H2,(H,18,19)/b4-1+. The first-order valence-corrected chi connectivity index (χ1v) is 7.86. The molecule has 2 aromatic rings. The van der Waals surface area contributed by atoms with Gasteiger partial charge in [-0.2, -0.15) is 11.3 Å². The summed E-state index contributed by atoms with van der Waals surface area (Å²) in [5, 5.41) is 7.09. The van der Waals surface area contributed by atoms with Crippen molar-refractivity contribution in [2.45, 2.75) is 0 Å². The first kappa shape index (κ1) is 16.5. The molecule has 1 N–H and O–H groups in total. The van der Waals surface area contributed by atoms with Crippen molar-refractivity contribution in [1.82, 2.24) is 0 Å². The van der Waals surface area contributed by atoms with Gasteiger partial charge in [-0.25, -0.2) is 4.79 Å². The summed E-state index contributed by atoms with van der Waals surface area (Å²) in [6.45, 7) is -0.407. The van der Waals surface area contributed by atoms with E-state index in [2.05, 4.69) is 5.32 Å². The molecule has 22 heavy (non-hydrogen) atoms. The third-order valence-electron chi connectivity index (χ3n) is 2.50. The van der Waals surface area contributed by atoms with Gasteiger partial charge in [0.25, 0.3) is 5.91 Å². The van der Waals surface area contributed by atoms with Crippen LogP contribution in [0.1, 0.15) is 5.56 Å². The molecule has 0 saturated heterocycles. The average molecular weight is 356 g/mol. The monoisotopic (exact) mass is 355 g/mol. The van der Waals surface area contributed by atoms with Gasteiger partial charge in [-0.15, -0.1) is 0 Å². The zero-order chi connectivity index (χ0) is 15.9. The zero-order valence-electron chi connectivity index (χ0n) is 11.2. The summed E-state index contributed by atoms with van der Waals surface area (Å²) >= 11 is 13.3. The summed E-state index contributed by atoms with van der Waals surface area (Å²) in [7, 11) is 0. The number of hydrogen-bond acceptors (Lipinski definition) is 4. The van der Waals surface area contributed by atoms with Gasteiger partial charge in [0.2, 0.25) is 0 Å². The smallest absolute Gasteiger partial charge is 0.331 e. The second-order valence-electron chi connectivity index (χ2n) is 4.17. The largest absolute Gasteiger partial charge is 0.452 e. The van der Waals surface area contributed by atoms with Crippen molar-refractivity contribution in [3.8, 4) is 0 Å². The molecule has 1 aromatic carbocycles. The van der Waals surface area contributed by atoms with E-state index in [-0.39, 0.29) is 0 Å². The lowest BCUT2D eigenvalue weighted by Crippen LogP contribution is -2.20. The number of amides is 1. The van der Waals surface area contributed by atoms with Crippen LogP contribution >= 0.6 is 34.5 Å². The number of carbonyl (C=O) groups is 2. The Kier molecular flexibility index (Phi) is 6.00. The fraction of sp³-hybridized carbons (Fsp3) is 0.0667. The lowest BCUT2D eigenvalue weighted by atomic mass is 10.3. The van der Waals surface area contributed by atoms with Crippen molar-refractivity contribution in [2.75, 3.05) is 11.9 Å². The highest BCUT2D eigenvalue weighted by molar-refractivity contribution is 7.08. The van der Waals surface area contributed by atoms with Crippen LogP contribution in [0.25, 0.3) is 6.08 Å². The number of halogens is 2. The SMILES string of the molecule is O=C(COC(=O)/C=C/c1ccsc1)Nc1cc(Cl)ccc1Cl. The van der Waals surface area contributed by atoms with E-state index in [1.807, 2.05) is 16.8 Å². The predicted octanol–water partition coefficient (Wildman–Crippen LogP) is 4.25. The maximum absolute atomic E-state index is 11.7. The number of nitrogens with one attached hydrogen (secondary N) is 1. The highest BCUT2D eigenvalue weighted by Gasteiger charge is 2.08. The summed E-state index contributed by atoms with van der Waals surface area (Å²) < 4.78 is 4.83. The van der Waals surface area contributed by atoms with Crippen LogP contribution in [0.3, 0.4) is 0 Å². The number of hydrogen-bond donors (Lipinski definition) is 1. The Balaban J connectivity index is 1.82. The number of carbonyl (C=O) groups excluding carboxylic acids is 2. The zero-order valence-corrected chi connectivity index (χ0v) is 13.5. The van der Waals surface area contributed by atoms with E-state index in [0.717, 1.165) is 5.56 Å². The van der Waals surface area contributed by atoms with E-state index < -0.39 is 18.5 Å². The maximum Gasteiger partial charge on any atom is 0.331 e. The van der Waals surface area contributed by atoms with E-state index >= 15 is 0 Å². The van der Waals surface area contributed by atoms with E-state index in [1.54, 1.807) is 18.2 Å². The molecule has 0 unspecified atom stereocenters. The first-order valence-electron chi connectivity index (χ1n) is 6.16. The summed E-state index contributed by atoms with van der Waals surface area (Å²) in [5.74, 6) is -1.10. The second kappa shape index (κ2) is 7.98. The molecule has 1 amide bonds. The quantitative estimate of drug-likeness (QED) is 0.644. The van der Waals surface area contributed by atoms with Crippen LogP contribution in [0.15, 0.2) is 41.1 Å². The molecule has 1 heterocycles. The highest BCUT2D eigenvalue weighted by Crippen LogP contribution is 2.25. The number of ether oxygens (including phenoxy) is 1. The van der Waals surface area contributed by atoms with Crippen LogP contribution in [-0.2, 0) is 14.3 Å². The van der Waals surface area contributed by atoms with Crippen LogP contribution < -0.4 is 5.32 Å². The summed E-state index contributed by atoms with van der Waals surface area (Å²) in [6, 6.07) is 6.55. The van der Waals surface area contributed by atoms with Crippen molar-refractivity contribution in [3.63, 3.8) is 0 Å². The number of thiophene rings is 1. The number of benzene rings is 1. The van der Waals surface area contributed by atoms with Crippen LogP contribution in [0.4, 0.5) is 5.69 Å². The third kappa shape index (κ3) is 5.18. The fourth-order valence-corrected chi connectivity index (χ4v) is 2.46. The van der Waals surface area contributed by atoms with Crippen molar-refractivity contribution in [1.29, 1.82) is 0 Å². The lowest BCUT2D eigenvalue weighted by molar-refractivity contribution is -0.142. The predicted molar refractivity (Wildman–Crippen MR) is 89.4 cm³/mol. The molecule has 0 atom stereocenters. The van der Waals surface area contributed by atoms with E-state index in [9.17, 15) is 9.59 Å². The lowest BCUT2D eigenvalue weighted by Gasteiger charge is -2.07. The van der Waals surface area contributed by atoms with E-state index in [4.69, 9.17) is 27.9 Å². The van der Waals surface area contributed by atoms with Gasteiger partial charge in [0, 0.05) is 11.1 Å². The Morgan fingerprint density at radius 2 is 2.09 bits per heavy atom. The molecule has 0 bridgehead atoms. The molecule has 0 aliphatic heterocycles. The van der Waals surface area contributed by atoms with E-state index in [0.29, 0.717) is 15.7 Å². The fourth-order valence-electron chi connectivity index (χ4n) is 1.50. The molecule has 0 aliphatic carbocycles. The molecule has 1 aromatic heterocycles. The minimum Gasteiger partial charge on any atom is -0.452 e. The average Bonchev–Trinajstić information content (AvgIpc) is 3.00. The van der Waals surface area contributed by atoms with Crippen LogP contribution in [0.2, 0.25) is 10.0 Å². The molecular weight excluding hydrogens is 345 g/mol. The minimum atomic E-state index is -0.599. The summed E-state index contributed by atoms with van der Waals surface area (Å²) in [6.07, 6.45) is 2.88.